The standard InChI is InChI=1S/C21H20F4N2O/c1-15(18-10-3-4-11-19(18)22)27(2)14-20(28)26-12-6-8-16-7-5-9-17(13-16)21(23,24)25/h3-5,7,9-11,13,15H,12,14H2,1-2H3,(H,26,28). The first kappa shape index (κ1) is 21.5. The van der Waals surface area contributed by atoms with Gasteiger partial charge in [-0.1, -0.05) is 36.1 Å². The highest BCUT2D eigenvalue weighted by Gasteiger charge is 2.30. The molecule has 1 N–H and O–H groups in total. The lowest BCUT2D eigenvalue weighted by atomic mass is 10.1. The van der Waals surface area contributed by atoms with Gasteiger partial charge in [0.1, 0.15) is 5.82 Å². The molecule has 2 aromatic rings. The third kappa shape index (κ3) is 6.10. The van der Waals surface area contributed by atoms with E-state index >= 15 is 0 Å². The van der Waals surface area contributed by atoms with Crippen molar-refractivity contribution in [3.05, 3.63) is 71.0 Å². The number of likely N-dealkylation sites (N-methyl/N-ethyl adjacent to an activating group) is 1. The largest absolute Gasteiger partial charge is 0.416 e. The molecule has 0 radical (unpaired) electrons. The molecule has 0 aromatic heterocycles. The molecule has 1 atom stereocenters. The Morgan fingerprint density at radius 2 is 1.89 bits per heavy atom. The molecule has 3 nitrogen and oxygen atoms in total. The van der Waals surface area contributed by atoms with Crippen LogP contribution < -0.4 is 5.32 Å². The predicted octanol–water partition coefficient (Wildman–Crippen LogP) is 4.01. The minimum absolute atomic E-state index is 0.00298. The normalized spacial score (nSPS) is 12.2. The van der Waals surface area contributed by atoms with Crippen molar-refractivity contribution in [2.45, 2.75) is 19.1 Å². The molecule has 0 spiro atoms. The molecule has 2 rings (SSSR count). The minimum atomic E-state index is -4.43. The summed E-state index contributed by atoms with van der Waals surface area (Å²) in [4.78, 5) is 13.7. The van der Waals surface area contributed by atoms with Crippen LogP contribution in [-0.4, -0.2) is 30.9 Å². The van der Waals surface area contributed by atoms with Gasteiger partial charge in [-0.25, -0.2) is 4.39 Å². The number of hydrogen-bond donors (Lipinski definition) is 1. The van der Waals surface area contributed by atoms with E-state index in [1.807, 2.05) is 0 Å². The average molecular weight is 392 g/mol. The van der Waals surface area contributed by atoms with Crippen molar-refractivity contribution in [1.29, 1.82) is 0 Å². The lowest BCUT2D eigenvalue weighted by Gasteiger charge is -2.24. The zero-order valence-corrected chi connectivity index (χ0v) is 15.5. The minimum Gasteiger partial charge on any atom is -0.344 e. The van der Waals surface area contributed by atoms with Crippen LogP contribution in [0, 0.1) is 17.7 Å². The molecule has 148 valence electrons. The molecular formula is C21H20F4N2O. The maximum absolute atomic E-state index is 13.8. The number of carbonyl (C=O) groups excluding carboxylic acids is 1. The number of halogens is 4. The Bertz CT molecular complexity index is 884. The Labute approximate surface area is 161 Å². The van der Waals surface area contributed by atoms with Gasteiger partial charge < -0.3 is 5.32 Å². The van der Waals surface area contributed by atoms with Crippen LogP contribution in [-0.2, 0) is 11.0 Å². The van der Waals surface area contributed by atoms with E-state index in [9.17, 15) is 22.4 Å². The summed E-state index contributed by atoms with van der Waals surface area (Å²) in [6.45, 7) is 1.82. The molecule has 0 saturated carbocycles. The number of carbonyl (C=O) groups is 1. The van der Waals surface area contributed by atoms with Crippen LogP contribution in [0.5, 0.6) is 0 Å². The van der Waals surface area contributed by atoms with E-state index in [0.29, 0.717) is 5.56 Å². The van der Waals surface area contributed by atoms with Crippen LogP contribution in [0.3, 0.4) is 0 Å². The molecule has 1 unspecified atom stereocenters. The van der Waals surface area contributed by atoms with E-state index < -0.39 is 11.7 Å². The number of hydrogen-bond acceptors (Lipinski definition) is 2. The van der Waals surface area contributed by atoms with Crippen molar-refractivity contribution in [2.24, 2.45) is 0 Å². The van der Waals surface area contributed by atoms with Crippen molar-refractivity contribution < 1.29 is 22.4 Å². The molecule has 0 heterocycles. The molecule has 0 aliphatic heterocycles. The lowest BCUT2D eigenvalue weighted by Crippen LogP contribution is -2.36. The highest BCUT2D eigenvalue weighted by molar-refractivity contribution is 5.78. The molecule has 2 aromatic carbocycles. The van der Waals surface area contributed by atoms with E-state index in [0.717, 1.165) is 12.1 Å². The summed E-state index contributed by atoms with van der Waals surface area (Å²) in [6, 6.07) is 10.7. The molecule has 0 bridgehead atoms. The van der Waals surface area contributed by atoms with E-state index in [-0.39, 0.29) is 36.4 Å². The van der Waals surface area contributed by atoms with Gasteiger partial charge in [-0.15, -0.1) is 0 Å². The summed E-state index contributed by atoms with van der Waals surface area (Å²) in [5.74, 6) is 4.57. The number of rotatable bonds is 5. The Kier molecular flexibility index (Phi) is 7.18. The van der Waals surface area contributed by atoms with Gasteiger partial charge >= 0.3 is 6.18 Å². The van der Waals surface area contributed by atoms with Gasteiger partial charge in [0.25, 0.3) is 0 Å². The molecule has 0 aliphatic carbocycles. The Morgan fingerprint density at radius 3 is 2.57 bits per heavy atom. The summed E-state index contributed by atoms with van der Waals surface area (Å²) in [5.41, 5.74) is -0.0661. The monoisotopic (exact) mass is 392 g/mol. The molecule has 28 heavy (non-hydrogen) atoms. The number of alkyl halides is 3. The first-order valence-corrected chi connectivity index (χ1v) is 8.56. The number of nitrogens with zero attached hydrogens (tertiary/aromatic N) is 1. The van der Waals surface area contributed by atoms with Gasteiger partial charge in [-0.05, 0) is 38.2 Å². The van der Waals surface area contributed by atoms with Crippen LogP contribution in [0.15, 0.2) is 48.5 Å². The quantitative estimate of drug-likeness (QED) is 0.616. The summed E-state index contributed by atoms with van der Waals surface area (Å²) in [6.07, 6.45) is -4.43. The van der Waals surface area contributed by atoms with Gasteiger partial charge in [0, 0.05) is 17.2 Å². The zero-order valence-electron chi connectivity index (χ0n) is 15.5. The second-order valence-electron chi connectivity index (χ2n) is 6.27. The van der Waals surface area contributed by atoms with Crippen LogP contribution in [0.25, 0.3) is 0 Å². The van der Waals surface area contributed by atoms with Gasteiger partial charge in [-0.2, -0.15) is 13.2 Å². The smallest absolute Gasteiger partial charge is 0.344 e. The van der Waals surface area contributed by atoms with Gasteiger partial charge in [-0.3, -0.25) is 9.69 Å². The van der Waals surface area contributed by atoms with Crippen LogP contribution in [0.4, 0.5) is 17.6 Å². The molecule has 0 aliphatic rings. The highest BCUT2D eigenvalue weighted by Crippen LogP contribution is 2.29. The molecule has 1 amide bonds. The molecule has 0 saturated heterocycles. The highest BCUT2D eigenvalue weighted by atomic mass is 19.4. The van der Waals surface area contributed by atoms with Crippen molar-refractivity contribution >= 4 is 5.91 Å². The van der Waals surface area contributed by atoms with Crippen molar-refractivity contribution in [3.63, 3.8) is 0 Å². The summed E-state index contributed by atoms with van der Waals surface area (Å²) >= 11 is 0. The third-order valence-corrected chi connectivity index (χ3v) is 4.21. The molecular weight excluding hydrogens is 372 g/mol. The molecule has 0 fully saturated rings. The fourth-order valence-electron chi connectivity index (χ4n) is 2.53. The maximum Gasteiger partial charge on any atom is 0.416 e. The lowest BCUT2D eigenvalue weighted by molar-refractivity contribution is -0.137. The van der Waals surface area contributed by atoms with Crippen LogP contribution in [0.1, 0.15) is 29.7 Å². The fourth-order valence-corrected chi connectivity index (χ4v) is 2.53. The van der Waals surface area contributed by atoms with E-state index in [4.69, 9.17) is 0 Å². The maximum atomic E-state index is 13.8. The second kappa shape index (κ2) is 9.38. The van der Waals surface area contributed by atoms with E-state index in [2.05, 4.69) is 17.2 Å². The first-order chi connectivity index (χ1) is 13.2. The number of nitrogens with one attached hydrogen (secondary N) is 1. The first-order valence-electron chi connectivity index (χ1n) is 8.56. The SMILES string of the molecule is CC(c1ccccc1F)N(C)CC(=O)NCC#Cc1cccc(C(F)(F)F)c1. The van der Waals surface area contributed by atoms with Gasteiger partial charge in [0.15, 0.2) is 0 Å². The van der Waals surface area contributed by atoms with Crippen molar-refractivity contribution in [1.82, 2.24) is 10.2 Å². The van der Waals surface area contributed by atoms with Crippen LogP contribution in [0.2, 0.25) is 0 Å². The summed E-state index contributed by atoms with van der Waals surface area (Å²) in [7, 11) is 1.70. The molecule has 7 heteroatoms. The van der Waals surface area contributed by atoms with Crippen molar-refractivity contribution in [3.8, 4) is 11.8 Å². The fraction of sp³-hybridized carbons (Fsp3) is 0.286. The van der Waals surface area contributed by atoms with Gasteiger partial charge in [0.2, 0.25) is 5.91 Å². The second-order valence-corrected chi connectivity index (χ2v) is 6.27. The van der Waals surface area contributed by atoms with E-state index in [1.165, 1.54) is 18.2 Å². The van der Waals surface area contributed by atoms with Crippen molar-refractivity contribution in [2.75, 3.05) is 20.1 Å². The number of amides is 1. The predicted molar refractivity (Wildman–Crippen MR) is 98.8 cm³/mol. The average Bonchev–Trinajstić information content (AvgIpc) is 2.64. The summed E-state index contributed by atoms with van der Waals surface area (Å²) in [5, 5.41) is 2.58. The Hall–Kier alpha value is -2.85. The van der Waals surface area contributed by atoms with Gasteiger partial charge in [0.05, 0.1) is 18.7 Å². The third-order valence-electron chi connectivity index (χ3n) is 4.21. The van der Waals surface area contributed by atoms with Crippen LogP contribution >= 0.6 is 0 Å². The van der Waals surface area contributed by atoms with E-state index in [1.54, 1.807) is 37.1 Å². The Balaban J connectivity index is 1.87. The summed E-state index contributed by atoms with van der Waals surface area (Å²) < 4.78 is 51.8. The zero-order chi connectivity index (χ0) is 20.7. The topological polar surface area (TPSA) is 32.3 Å². The Morgan fingerprint density at radius 1 is 1.18 bits per heavy atom. The number of benzene rings is 2.